The topological polar surface area (TPSA) is 139 Å². The lowest BCUT2D eigenvalue weighted by molar-refractivity contribution is -0.384. The van der Waals surface area contributed by atoms with Crippen LogP contribution in [0.1, 0.15) is 31.4 Å². The smallest absolute Gasteiger partial charge is 0.269 e. The minimum atomic E-state index is -4.33. The predicted octanol–water partition coefficient (Wildman–Crippen LogP) is 5.35. The third kappa shape index (κ3) is 8.95. The van der Waals surface area contributed by atoms with Crippen molar-refractivity contribution in [2.24, 2.45) is 0 Å². The van der Waals surface area contributed by atoms with Gasteiger partial charge < -0.3 is 15.0 Å². The maximum Gasteiger partial charge on any atom is 0.269 e. The third-order valence-corrected chi connectivity index (χ3v) is 9.51. The second kappa shape index (κ2) is 15.9. The van der Waals surface area contributed by atoms with Crippen LogP contribution in [0, 0.1) is 10.1 Å². The van der Waals surface area contributed by atoms with Crippen LogP contribution in [0.5, 0.6) is 5.75 Å². The Kier molecular flexibility index (Phi) is 11.7. The van der Waals surface area contributed by atoms with Crippen LogP contribution in [0.4, 0.5) is 11.4 Å². The van der Waals surface area contributed by atoms with Gasteiger partial charge in [-0.25, -0.2) is 8.42 Å². The first-order valence-electron chi connectivity index (χ1n) is 15.1. The molecule has 0 fully saturated rings. The van der Waals surface area contributed by atoms with Crippen molar-refractivity contribution in [1.29, 1.82) is 0 Å². The molecule has 0 heterocycles. The summed E-state index contributed by atoms with van der Waals surface area (Å²) in [5.41, 5.74) is 1.29. The van der Waals surface area contributed by atoms with E-state index in [0.29, 0.717) is 17.7 Å². The Morgan fingerprint density at radius 3 is 2.11 bits per heavy atom. The van der Waals surface area contributed by atoms with Gasteiger partial charge in [-0.15, -0.1) is 0 Å². The van der Waals surface area contributed by atoms with Crippen molar-refractivity contribution in [3.63, 3.8) is 0 Å². The molecule has 11 nitrogen and oxygen atoms in total. The molecule has 246 valence electrons. The number of rotatable bonds is 15. The van der Waals surface area contributed by atoms with Crippen molar-refractivity contribution in [3.05, 3.63) is 130 Å². The van der Waals surface area contributed by atoms with Crippen molar-refractivity contribution >= 4 is 33.2 Å². The van der Waals surface area contributed by atoms with Crippen molar-refractivity contribution in [2.75, 3.05) is 18.0 Å². The maximum absolute atomic E-state index is 14.5. The highest BCUT2D eigenvalue weighted by atomic mass is 32.2. The van der Waals surface area contributed by atoms with E-state index in [4.69, 9.17) is 4.74 Å². The third-order valence-electron chi connectivity index (χ3n) is 7.72. The number of anilines is 1. The second-order valence-corrected chi connectivity index (χ2v) is 12.9. The molecule has 1 N–H and O–H groups in total. The molecule has 2 atom stereocenters. The van der Waals surface area contributed by atoms with Gasteiger partial charge in [-0.05, 0) is 60.9 Å². The van der Waals surface area contributed by atoms with E-state index in [9.17, 15) is 28.1 Å². The first kappa shape index (κ1) is 34.6. The lowest BCUT2D eigenvalue weighted by Crippen LogP contribution is -2.54. The summed E-state index contributed by atoms with van der Waals surface area (Å²) in [4.78, 5) is 40.5. The molecular formula is C35H38N4O7S. The van der Waals surface area contributed by atoms with Crippen LogP contribution < -0.4 is 14.4 Å². The van der Waals surface area contributed by atoms with E-state index in [1.165, 1.54) is 48.4 Å². The standard InChI is InChI=1S/C35H38N4O7S/c1-4-26(2)36-35(41)33(23-27-12-7-5-8-13-27)37(24-28-14-11-15-31(22-28)46-3)34(40)25-38(29-18-20-30(21-19-29)39(42)43)47(44,45)32-16-9-6-10-17-32/h5-22,26,33H,4,23-25H2,1-3H3,(H,36,41). The van der Waals surface area contributed by atoms with Gasteiger partial charge in [0.1, 0.15) is 18.3 Å². The lowest BCUT2D eigenvalue weighted by Gasteiger charge is -2.34. The summed E-state index contributed by atoms with van der Waals surface area (Å²) < 4.78 is 34.4. The number of methoxy groups -OCH3 is 1. The number of hydrogen-bond donors (Lipinski definition) is 1. The Hall–Kier alpha value is -5.23. The average molecular weight is 659 g/mol. The Morgan fingerprint density at radius 2 is 1.51 bits per heavy atom. The molecule has 47 heavy (non-hydrogen) atoms. The number of non-ortho nitro benzene ring substituents is 1. The quantitative estimate of drug-likeness (QED) is 0.134. The first-order valence-corrected chi connectivity index (χ1v) is 16.6. The number of nitro groups is 1. The number of carbonyl (C=O) groups excluding carboxylic acids is 2. The molecule has 0 aliphatic rings. The molecule has 4 aromatic carbocycles. The van der Waals surface area contributed by atoms with Crippen LogP contribution in [0.25, 0.3) is 0 Å². The number of carbonyl (C=O) groups is 2. The molecule has 0 bridgehead atoms. The van der Waals surface area contributed by atoms with E-state index >= 15 is 0 Å². The van der Waals surface area contributed by atoms with Crippen LogP contribution in [0.3, 0.4) is 0 Å². The van der Waals surface area contributed by atoms with E-state index in [1.54, 1.807) is 42.5 Å². The molecule has 0 radical (unpaired) electrons. The highest BCUT2D eigenvalue weighted by molar-refractivity contribution is 7.92. The van der Waals surface area contributed by atoms with E-state index in [1.807, 2.05) is 44.2 Å². The number of ether oxygens (including phenoxy) is 1. The van der Waals surface area contributed by atoms with Gasteiger partial charge in [0.2, 0.25) is 11.8 Å². The molecule has 0 saturated carbocycles. The molecule has 0 aromatic heterocycles. The summed E-state index contributed by atoms with van der Waals surface area (Å²) >= 11 is 0. The Bertz CT molecular complexity index is 1770. The van der Waals surface area contributed by atoms with Gasteiger partial charge in [0, 0.05) is 31.1 Å². The summed E-state index contributed by atoms with van der Waals surface area (Å²) in [6.45, 7) is 3.10. The predicted molar refractivity (Wildman–Crippen MR) is 179 cm³/mol. The molecule has 0 aliphatic heterocycles. The zero-order valence-corrected chi connectivity index (χ0v) is 27.3. The van der Waals surface area contributed by atoms with Crippen molar-refractivity contribution in [3.8, 4) is 5.75 Å². The number of nitro benzene ring substituents is 1. The van der Waals surface area contributed by atoms with Gasteiger partial charge in [0.05, 0.1) is 22.6 Å². The fourth-order valence-corrected chi connectivity index (χ4v) is 6.39. The largest absolute Gasteiger partial charge is 0.497 e. The molecule has 4 aromatic rings. The van der Waals surface area contributed by atoms with E-state index in [0.717, 1.165) is 9.87 Å². The van der Waals surface area contributed by atoms with E-state index in [2.05, 4.69) is 5.32 Å². The monoisotopic (exact) mass is 658 g/mol. The van der Waals surface area contributed by atoms with Crippen LogP contribution in [-0.2, 0) is 32.6 Å². The lowest BCUT2D eigenvalue weighted by atomic mass is 10.0. The highest BCUT2D eigenvalue weighted by Gasteiger charge is 2.35. The zero-order valence-electron chi connectivity index (χ0n) is 26.5. The summed E-state index contributed by atoms with van der Waals surface area (Å²) in [5, 5.41) is 14.3. The Labute approximate surface area is 275 Å². The van der Waals surface area contributed by atoms with E-state index in [-0.39, 0.29) is 41.2 Å². The maximum atomic E-state index is 14.5. The fourth-order valence-electron chi connectivity index (χ4n) is 4.95. The molecular weight excluding hydrogens is 620 g/mol. The van der Waals surface area contributed by atoms with Gasteiger partial charge >= 0.3 is 0 Å². The molecule has 12 heteroatoms. The second-order valence-electron chi connectivity index (χ2n) is 11.0. The minimum absolute atomic E-state index is 0.0268. The number of nitrogens with one attached hydrogen (secondary N) is 1. The van der Waals surface area contributed by atoms with Crippen LogP contribution >= 0.6 is 0 Å². The minimum Gasteiger partial charge on any atom is -0.497 e. The molecule has 0 saturated heterocycles. The van der Waals surface area contributed by atoms with Gasteiger partial charge in [0.15, 0.2) is 0 Å². The zero-order chi connectivity index (χ0) is 34.0. The number of benzene rings is 4. The molecule has 4 rings (SSSR count). The number of sulfonamides is 1. The van der Waals surface area contributed by atoms with Crippen molar-refractivity contribution in [2.45, 2.75) is 50.2 Å². The van der Waals surface area contributed by atoms with Gasteiger partial charge in [-0.3, -0.25) is 24.0 Å². The van der Waals surface area contributed by atoms with Crippen LogP contribution in [-0.4, -0.2) is 55.8 Å². The van der Waals surface area contributed by atoms with Crippen LogP contribution in [0.2, 0.25) is 0 Å². The average Bonchev–Trinajstić information content (AvgIpc) is 3.09. The van der Waals surface area contributed by atoms with Gasteiger partial charge in [-0.1, -0.05) is 67.6 Å². The van der Waals surface area contributed by atoms with Crippen LogP contribution in [0.15, 0.2) is 114 Å². The summed E-state index contributed by atoms with van der Waals surface area (Å²) in [5.74, 6) is -0.476. The fraction of sp³-hybridized carbons (Fsp3) is 0.257. The van der Waals surface area contributed by atoms with Crippen molar-refractivity contribution in [1.82, 2.24) is 10.2 Å². The summed E-state index contributed by atoms with van der Waals surface area (Å²) in [6, 6.07) is 27.7. The summed E-state index contributed by atoms with van der Waals surface area (Å²) in [6.07, 6.45) is 0.832. The number of amides is 2. The molecule has 2 amide bonds. The molecule has 0 spiro atoms. The number of hydrogen-bond acceptors (Lipinski definition) is 7. The van der Waals surface area contributed by atoms with Crippen molar-refractivity contribution < 1.29 is 27.7 Å². The normalized spacial score (nSPS) is 12.4. The SMILES string of the molecule is CCC(C)NC(=O)C(Cc1ccccc1)N(Cc1cccc(OC)c1)C(=O)CN(c1ccc([N+](=O)[O-])cc1)S(=O)(=O)c1ccccc1. The number of nitrogens with zero attached hydrogens (tertiary/aromatic N) is 3. The Balaban J connectivity index is 1.82. The van der Waals surface area contributed by atoms with Gasteiger partial charge in [0.25, 0.3) is 15.7 Å². The van der Waals surface area contributed by atoms with Gasteiger partial charge in [-0.2, -0.15) is 0 Å². The summed E-state index contributed by atoms with van der Waals surface area (Å²) in [7, 11) is -2.81. The Morgan fingerprint density at radius 1 is 0.894 bits per heavy atom. The molecule has 2 unspecified atom stereocenters. The molecule has 0 aliphatic carbocycles. The first-order chi connectivity index (χ1) is 22.5. The highest BCUT2D eigenvalue weighted by Crippen LogP contribution is 2.27. The van der Waals surface area contributed by atoms with E-state index < -0.39 is 33.4 Å².